The maximum absolute atomic E-state index is 13.0. The Labute approximate surface area is 858 Å². The lowest BCUT2D eigenvalue weighted by Gasteiger charge is -2.34. The molecular weight excluding hydrogens is 1860 g/mol. The Balaban J connectivity index is 0. The molecule has 140 heavy (non-hydrogen) atoms. The molecule has 0 aliphatic carbocycles. The van der Waals surface area contributed by atoms with Gasteiger partial charge in [0.05, 0.1) is 62.3 Å². The molecule has 0 aromatic heterocycles. The van der Waals surface area contributed by atoms with Crippen molar-refractivity contribution in [3.63, 3.8) is 0 Å². The largest absolute Gasteiger partial charge is 0.628 e. The first kappa shape index (κ1) is 132. The summed E-state index contributed by atoms with van der Waals surface area (Å²) in [7, 11) is 44.1. The first-order chi connectivity index (χ1) is 60.8. The zero-order valence-corrected chi connectivity index (χ0v) is 94.0. The Morgan fingerprint density at radius 2 is 0.407 bits per heavy atom. The van der Waals surface area contributed by atoms with Crippen molar-refractivity contribution < 1.29 is 20.8 Å². The highest BCUT2D eigenvalue weighted by atomic mass is 31.0. The molecule has 0 saturated carbocycles. The van der Waals surface area contributed by atoms with Gasteiger partial charge in [-0.05, 0) is 190 Å². The Morgan fingerprint density at radius 1 is 0.214 bits per heavy atom. The molecule has 32 heteroatoms. The third kappa shape index (κ3) is 37.7. The second-order valence-corrected chi connectivity index (χ2v) is 36.8. The molecule has 8 atom stereocenters. The summed E-state index contributed by atoms with van der Waals surface area (Å²) in [4.78, 5) is 12.5. The van der Waals surface area contributed by atoms with Crippen molar-refractivity contribution in [3.8, 4) is 0 Å². The van der Waals surface area contributed by atoms with Gasteiger partial charge in [0.25, 0.3) is 0 Å². The molecule has 764 valence electrons. The number of anilines is 6. The number of hydrogen-bond donors (Lipinski definition) is 4. The highest BCUT2D eigenvalue weighted by Gasteiger charge is 2.27. The van der Waals surface area contributed by atoms with E-state index >= 15 is 0 Å². The van der Waals surface area contributed by atoms with Crippen LogP contribution >= 0.6 is 59.4 Å². The lowest BCUT2D eigenvalue weighted by molar-refractivity contribution is -0.0287. The van der Waals surface area contributed by atoms with Gasteiger partial charge in [0.15, 0.2) is 28.4 Å². The van der Waals surface area contributed by atoms with Crippen molar-refractivity contribution in [3.05, 3.63) is 322 Å². The second kappa shape index (κ2) is 57.3. The molecule has 0 saturated heterocycles. The number of rotatable bonds is 28. The SMILES string of the molecule is C.C.C.C.CC(c1ccc(N(C)C)c(N=Nc2ccc(N(C)C)cc2)c1)c1ccc(N(C)C)c(N=Nc2ccc(N(C)C)cc2)c1.CC(c1ccc(N(C)C)cc1)c1ccc(N(C)C)cc1.CC(c1ccc([N+](C)(C)[O-])c(N=Nc2ccc([N+](C)(C)O)cc2)c1)c1ccc([N+](C)(C)O)c(N=Nc2ccc([N+](C)(C)O)cc2)c1.CC(c1ccc([N+](C)(C)[O-])cc1)c1ccc([N+](C)(C)O)cc1.P.P.P.P.P.P. The highest BCUT2D eigenvalue weighted by molar-refractivity contribution is 6.93. The van der Waals surface area contributed by atoms with Gasteiger partial charge in [-0.3, -0.25) is 0 Å². The van der Waals surface area contributed by atoms with Crippen molar-refractivity contribution >= 4 is 173 Å². The van der Waals surface area contributed by atoms with E-state index in [0.717, 1.165) is 79.1 Å². The van der Waals surface area contributed by atoms with E-state index < -0.39 is 13.9 Å². The fraction of sp³-hybridized carbons (Fsp3) is 0.333. The fourth-order valence-corrected chi connectivity index (χ4v) is 14.2. The summed E-state index contributed by atoms with van der Waals surface area (Å²) in [5.41, 5.74) is 25.4. The molecule has 12 rings (SSSR count). The van der Waals surface area contributed by atoms with Crippen LogP contribution in [0.4, 0.5) is 114 Å². The summed E-state index contributed by atoms with van der Waals surface area (Å²) in [6.07, 6.45) is 0. The molecule has 0 spiro atoms. The van der Waals surface area contributed by atoms with Crippen LogP contribution < -0.4 is 57.3 Å². The first-order valence-corrected chi connectivity index (χ1v) is 43.3. The van der Waals surface area contributed by atoms with Crippen molar-refractivity contribution in [2.45, 2.75) is 81.1 Å². The summed E-state index contributed by atoms with van der Waals surface area (Å²) < 4.78 is -2.34. The molecule has 0 aliphatic heterocycles. The number of hydroxylamine groups is 12. The third-order valence-corrected chi connectivity index (χ3v) is 22.8. The fourth-order valence-electron chi connectivity index (χ4n) is 14.2. The van der Waals surface area contributed by atoms with Crippen molar-refractivity contribution in [2.24, 2.45) is 40.9 Å². The Bertz CT molecular complexity index is 5470. The van der Waals surface area contributed by atoms with Crippen molar-refractivity contribution in [2.75, 3.05) is 199 Å². The molecule has 0 aliphatic rings. The summed E-state index contributed by atoms with van der Waals surface area (Å²) in [6.45, 7) is 8.65. The molecule has 12 aromatic carbocycles. The molecular formula is C108H170N20O6P6+4. The Kier molecular flexibility index (Phi) is 54.0. The van der Waals surface area contributed by atoms with Crippen LogP contribution in [0.25, 0.3) is 0 Å². The molecule has 0 heterocycles. The van der Waals surface area contributed by atoms with Crippen molar-refractivity contribution in [1.82, 2.24) is 27.9 Å². The van der Waals surface area contributed by atoms with E-state index in [4.69, 9.17) is 0 Å². The predicted molar refractivity (Wildman–Crippen MR) is 639 cm³/mol. The van der Waals surface area contributed by atoms with Crippen LogP contribution in [0.1, 0.15) is 126 Å². The minimum atomic E-state index is -0.684. The van der Waals surface area contributed by atoms with Gasteiger partial charge in [-0.25, -0.2) is 20.8 Å². The summed E-state index contributed by atoms with van der Waals surface area (Å²) in [5.74, 6) is 0.636. The maximum atomic E-state index is 13.0. The molecule has 0 fully saturated rings. The van der Waals surface area contributed by atoms with Gasteiger partial charge >= 0.3 is 0 Å². The highest BCUT2D eigenvalue weighted by Crippen LogP contribution is 2.43. The number of hydrogen-bond acceptors (Lipinski definition) is 20. The van der Waals surface area contributed by atoms with E-state index in [9.17, 15) is 31.2 Å². The molecule has 0 bridgehead atoms. The minimum Gasteiger partial charge on any atom is -0.628 e. The Morgan fingerprint density at radius 3 is 0.643 bits per heavy atom. The maximum Gasteiger partial charge on any atom is 0.192 e. The van der Waals surface area contributed by atoms with Gasteiger partial charge in [-0.1, -0.05) is 130 Å². The smallest absolute Gasteiger partial charge is 0.192 e. The minimum absolute atomic E-state index is 0. The van der Waals surface area contributed by atoms with Crippen LogP contribution in [0.3, 0.4) is 0 Å². The molecule has 4 N–H and O–H groups in total. The molecule has 0 amide bonds. The average molecular weight is 2030 g/mol. The van der Waals surface area contributed by atoms with Crippen LogP contribution in [0, 0.1) is 10.4 Å². The zero-order valence-electron chi connectivity index (χ0n) is 85.5. The topological polar surface area (TPSA) is 245 Å². The number of quaternary nitrogens is 6. The Hall–Kier alpha value is -10.1. The van der Waals surface area contributed by atoms with Gasteiger partial charge in [-0.15, -0.1) is 20.5 Å². The van der Waals surface area contributed by atoms with E-state index in [1.165, 1.54) is 47.7 Å². The molecule has 12 aromatic rings. The van der Waals surface area contributed by atoms with E-state index in [2.05, 4.69) is 204 Å². The lowest BCUT2D eigenvalue weighted by atomic mass is 9.91. The van der Waals surface area contributed by atoms with E-state index in [1.807, 2.05) is 191 Å². The standard InChI is InChI=1S/C34H45N8O4.C34H42N8.C18H25N2O2.C18H24N2.4CH4.6H3P/c1-24(25-10-20-33(41(6,7)45)31(22-25)37-35-27-12-16-29(17-13-27)39(2,3)43)26-11-21-34(42(8,9)46)32(23-26)38-36-28-14-18-30(19-15-28)40(4,5)44;1-24(25-10-20-33(41(6)7)31(22-25)37-35-27-12-16-29(17-13-27)39(2)3)26-11-21-34(42(8)9)32(23-26)38-36-28-14-18-30(19-15-28)40(4)5;1-14(15-6-10-17(11-7-15)19(2,3)21)16-8-12-18(13-9-16)20(4,5)22;1-14(15-6-10-17(11-7-15)19(2)3)16-8-12-18(13-9-16)20(4)5;;;;;;;;;;/h10-24,43-45H,1-9H3;10-24H,1-9H3;6-14,21H,1-5H3;6-14H,1-5H3;4*1H4;6*1H3/q+3;;+1;;;;;;;;;;;. The average Bonchev–Trinajstić information content (AvgIpc) is 0.830. The molecule has 0 radical (unpaired) electrons. The van der Waals surface area contributed by atoms with Crippen LogP contribution in [0.15, 0.2) is 308 Å². The zero-order chi connectivity index (χ0) is 95.7. The van der Waals surface area contributed by atoms with Crippen LogP contribution in [-0.2, 0) is 0 Å². The van der Waals surface area contributed by atoms with Gasteiger partial charge < -0.3 is 49.1 Å². The first-order valence-electron chi connectivity index (χ1n) is 43.3. The quantitative estimate of drug-likeness (QED) is 0.0155. The monoisotopic (exact) mass is 2030 g/mol. The van der Waals surface area contributed by atoms with Gasteiger partial charge in [0, 0.05) is 180 Å². The van der Waals surface area contributed by atoms with Gasteiger partial charge in [-0.2, -0.15) is 98.4 Å². The van der Waals surface area contributed by atoms with E-state index in [1.54, 1.807) is 125 Å². The normalized spacial score (nSPS) is 11.9. The number of nitrogens with zero attached hydrogens (tertiary/aromatic N) is 20. The van der Waals surface area contributed by atoms with Crippen molar-refractivity contribution in [1.29, 1.82) is 0 Å². The summed E-state index contributed by atoms with van der Waals surface area (Å²) >= 11 is 0. The molecule has 8 unspecified atom stereocenters. The van der Waals surface area contributed by atoms with Crippen LogP contribution in [0.5, 0.6) is 0 Å². The van der Waals surface area contributed by atoms with E-state index in [-0.39, 0.29) is 121 Å². The summed E-state index contributed by atoms with van der Waals surface area (Å²) in [6, 6.07) is 87.7. The van der Waals surface area contributed by atoms with Gasteiger partial charge in [0.2, 0.25) is 0 Å². The number of benzene rings is 12. The summed E-state index contributed by atoms with van der Waals surface area (Å²) in [5, 5.41) is 102. The molecule has 26 nitrogen and oxygen atoms in total. The van der Waals surface area contributed by atoms with E-state index in [0.29, 0.717) is 51.4 Å². The predicted octanol–water partition coefficient (Wildman–Crippen LogP) is 28.3. The van der Waals surface area contributed by atoms with Crippen LogP contribution in [-0.4, -0.2) is 190 Å². The van der Waals surface area contributed by atoms with Crippen LogP contribution in [0.2, 0.25) is 0 Å². The van der Waals surface area contributed by atoms with Gasteiger partial charge in [0.1, 0.15) is 84.8 Å². The third-order valence-electron chi connectivity index (χ3n) is 22.8. The second-order valence-electron chi connectivity index (χ2n) is 36.8. The lowest BCUT2D eigenvalue weighted by Crippen LogP contribution is -2.35. The number of azo groups is 4.